The van der Waals surface area contributed by atoms with Crippen molar-refractivity contribution in [2.75, 3.05) is 25.5 Å². The summed E-state index contributed by atoms with van der Waals surface area (Å²) in [6.07, 6.45) is 2.61. The van der Waals surface area contributed by atoms with E-state index in [0.29, 0.717) is 37.5 Å². The number of methoxy groups -OCH3 is 1. The zero-order chi connectivity index (χ0) is 20.3. The lowest BCUT2D eigenvalue weighted by Gasteiger charge is -2.30. The van der Waals surface area contributed by atoms with Gasteiger partial charge >= 0.3 is 0 Å². The fraction of sp³-hybridized carbons (Fsp3) is 0.400. The lowest BCUT2D eigenvalue weighted by molar-refractivity contribution is -0.120. The molecule has 1 aliphatic rings. The number of carbonyl (C=O) groups is 1. The van der Waals surface area contributed by atoms with Crippen LogP contribution in [0.15, 0.2) is 41.4 Å². The number of pyridine rings is 1. The molecule has 2 heterocycles. The molecule has 0 bridgehead atoms. The van der Waals surface area contributed by atoms with E-state index in [0.717, 1.165) is 11.1 Å². The molecular formula is C20H25N3O4S. The van der Waals surface area contributed by atoms with E-state index in [1.54, 1.807) is 31.5 Å². The molecule has 0 unspecified atom stereocenters. The number of ether oxygens (including phenoxy) is 1. The van der Waals surface area contributed by atoms with Crippen molar-refractivity contribution < 1.29 is 17.9 Å². The van der Waals surface area contributed by atoms with Crippen LogP contribution in [-0.4, -0.2) is 43.8 Å². The summed E-state index contributed by atoms with van der Waals surface area (Å²) >= 11 is 0. The quantitative estimate of drug-likeness (QED) is 0.829. The van der Waals surface area contributed by atoms with Gasteiger partial charge in [0.15, 0.2) is 0 Å². The molecule has 0 spiro atoms. The summed E-state index contributed by atoms with van der Waals surface area (Å²) in [5.74, 6) is 0.828. The van der Waals surface area contributed by atoms with Crippen molar-refractivity contribution in [1.29, 1.82) is 0 Å². The van der Waals surface area contributed by atoms with Crippen LogP contribution in [0.25, 0.3) is 0 Å². The summed E-state index contributed by atoms with van der Waals surface area (Å²) in [6.45, 7) is 4.37. The second kappa shape index (κ2) is 8.28. The molecule has 0 radical (unpaired) electrons. The monoisotopic (exact) mass is 403 g/mol. The number of piperidine rings is 1. The molecule has 8 heteroatoms. The molecule has 1 N–H and O–H groups in total. The molecule has 1 aromatic heterocycles. The summed E-state index contributed by atoms with van der Waals surface area (Å²) in [5.41, 5.74) is 1.78. The molecule has 3 rings (SSSR count). The second-order valence-electron chi connectivity index (χ2n) is 7.02. The van der Waals surface area contributed by atoms with E-state index in [4.69, 9.17) is 4.74 Å². The van der Waals surface area contributed by atoms with Gasteiger partial charge in [0.2, 0.25) is 15.9 Å². The molecule has 1 fully saturated rings. The minimum Gasteiger partial charge on any atom is -0.496 e. The topological polar surface area (TPSA) is 88.6 Å². The first-order valence-corrected chi connectivity index (χ1v) is 10.6. The Hall–Kier alpha value is -2.45. The highest BCUT2D eigenvalue weighted by atomic mass is 32.2. The van der Waals surface area contributed by atoms with Crippen LogP contribution in [0.2, 0.25) is 0 Å². The van der Waals surface area contributed by atoms with E-state index in [1.165, 1.54) is 4.31 Å². The zero-order valence-corrected chi connectivity index (χ0v) is 17.1. The van der Waals surface area contributed by atoms with Gasteiger partial charge < -0.3 is 10.1 Å². The van der Waals surface area contributed by atoms with Crippen LogP contribution in [0.1, 0.15) is 24.0 Å². The highest BCUT2D eigenvalue weighted by Gasteiger charge is 2.32. The van der Waals surface area contributed by atoms with E-state index in [2.05, 4.69) is 10.3 Å². The summed E-state index contributed by atoms with van der Waals surface area (Å²) in [6, 6.07) is 8.51. The Morgan fingerprint density at radius 1 is 1.18 bits per heavy atom. The van der Waals surface area contributed by atoms with Crippen LogP contribution in [0.5, 0.6) is 5.75 Å². The summed E-state index contributed by atoms with van der Waals surface area (Å²) < 4.78 is 32.5. The molecule has 150 valence electrons. The molecule has 0 aliphatic carbocycles. The van der Waals surface area contributed by atoms with Gasteiger partial charge in [-0.2, -0.15) is 4.31 Å². The van der Waals surface area contributed by atoms with Crippen molar-refractivity contribution in [2.24, 2.45) is 5.92 Å². The molecule has 1 aromatic carbocycles. The number of aromatic nitrogens is 1. The SMILES string of the molecule is COc1ccc(S(=O)(=O)N2CCC(C(=O)Nc3cc(C)ccn3)CC2)cc1C. The van der Waals surface area contributed by atoms with Crippen LogP contribution in [0.4, 0.5) is 5.82 Å². The third-order valence-electron chi connectivity index (χ3n) is 5.00. The summed E-state index contributed by atoms with van der Waals surface area (Å²) in [4.78, 5) is 16.9. The van der Waals surface area contributed by atoms with E-state index >= 15 is 0 Å². The molecular weight excluding hydrogens is 378 g/mol. The normalized spacial score (nSPS) is 16.0. The highest BCUT2D eigenvalue weighted by Crippen LogP contribution is 2.27. The van der Waals surface area contributed by atoms with E-state index < -0.39 is 10.0 Å². The third kappa shape index (κ3) is 4.34. The highest BCUT2D eigenvalue weighted by molar-refractivity contribution is 7.89. The number of nitrogens with zero attached hydrogens (tertiary/aromatic N) is 2. The Kier molecular flexibility index (Phi) is 6.00. The van der Waals surface area contributed by atoms with E-state index in [-0.39, 0.29) is 16.7 Å². The lowest BCUT2D eigenvalue weighted by atomic mass is 9.97. The van der Waals surface area contributed by atoms with Crippen LogP contribution >= 0.6 is 0 Å². The van der Waals surface area contributed by atoms with Gasteiger partial charge in [0, 0.05) is 25.2 Å². The van der Waals surface area contributed by atoms with E-state index in [1.807, 2.05) is 26.0 Å². The molecule has 0 saturated carbocycles. The molecule has 28 heavy (non-hydrogen) atoms. The standard InChI is InChI=1S/C20H25N3O4S/c1-14-6-9-21-19(12-14)22-20(24)16-7-10-23(11-8-16)28(25,26)17-4-5-18(27-3)15(2)13-17/h4-6,9,12-13,16H,7-8,10-11H2,1-3H3,(H,21,22,24). The predicted octanol–water partition coefficient (Wildman–Crippen LogP) is 2.75. The number of rotatable bonds is 5. The van der Waals surface area contributed by atoms with Gasteiger partial charge in [-0.05, 0) is 68.1 Å². The van der Waals surface area contributed by atoms with E-state index in [9.17, 15) is 13.2 Å². The van der Waals surface area contributed by atoms with Crippen molar-refractivity contribution in [2.45, 2.75) is 31.6 Å². The molecule has 2 aromatic rings. The number of sulfonamides is 1. The maximum atomic E-state index is 12.9. The van der Waals surface area contributed by atoms with Crippen LogP contribution in [0, 0.1) is 19.8 Å². The number of nitrogens with one attached hydrogen (secondary N) is 1. The van der Waals surface area contributed by atoms with Crippen LogP contribution in [0.3, 0.4) is 0 Å². The van der Waals surface area contributed by atoms with Gasteiger partial charge in [-0.15, -0.1) is 0 Å². The van der Waals surface area contributed by atoms with Gasteiger partial charge in [-0.3, -0.25) is 4.79 Å². The summed E-state index contributed by atoms with van der Waals surface area (Å²) in [5, 5.41) is 2.83. The number of hydrogen-bond donors (Lipinski definition) is 1. The smallest absolute Gasteiger partial charge is 0.243 e. The number of anilines is 1. The van der Waals surface area contributed by atoms with Crippen LogP contribution in [-0.2, 0) is 14.8 Å². The van der Waals surface area contributed by atoms with Gasteiger partial charge in [-0.1, -0.05) is 0 Å². The first kappa shape index (κ1) is 20.3. The predicted molar refractivity (Wildman–Crippen MR) is 107 cm³/mol. The number of aryl methyl sites for hydroxylation is 2. The minimum atomic E-state index is -3.59. The number of benzene rings is 1. The Balaban J connectivity index is 1.64. The van der Waals surface area contributed by atoms with Gasteiger partial charge in [0.1, 0.15) is 11.6 Å². The Morgan fingerprint density at radius 3 is 2.50 bits per heavy atom. The summed E-state index contributed by atoms with van der Waals surface area (Å²) in [7, 11) is -2.04. The number of hydrogen-bond acceptors (Lipinski definition) is 5. The molecule has 1 amide bonds. The van der Waals surface area contributed by atoms with Crippen molar-refractivity contribution in [3.05, 3.63) is 47.7 Å². The second-order valence-corrected chi connectivity index (χ2v) is 8.96. The van der Waals surface area contributed by atoms with Gasteiger partial charge in [-0.25, -0.2) is 13.4 Å². The molecule has 1 aliphatic heterocycles. The van der Waals surface area contributed by atoms with Crippen LogP contribution < -0.4 is 10.1 Å². The molecule has 1 saturated heterocycles. The Labute approximate surface area is 165 Å². The van der Waals surface area contributed by atoms with Gasteiger partial charge in [0.25, 0.3) is 0 Å². The van der Waals surface area contributed by atoms with Crippen molar-refractivity contribution in [1.82, 2.24) is 9.29 Å². The average Bonchev–Trinajstić information content (AvgIpc) is 2.68. The molecule has 7 nitrogen and oxygen atoms in total. The fourth-order valence-electron chi connectivity index (χ4n) is 3.35. The Bertz CT molecular complexity index is 967. The van der Waals surface area contributed by atoms with Crippen molar-refractivity contribution in [3.8, 4) is 5.75 Å². The first-order chi connectivity index (χ1) is 13.3. The Morgan fingerprint density at radius 2 is 1.89 bits per heavy atom. The maximum absolute atomic E-state index is 12.9. The maximum Gasteiger partial charge on any atom is 0.243 e. The van der Waals surface area contributed by atoms with Gasteiger partial charge in [0.05, 0.1) is 12.0 Å². The number of amides is 1. The lowest BCUT2D eigenvalue weighted by Crippen LogP contribution is -2.41. The average molecular weight is 404 g/mol. The first-order valence-electron chi connectivity index (χ1n) is 9.19. The number of carbonyl (C=O) groups excluding carboxylic acids is 1. The fourth-order valence-corrected chi connectivity index (χ4v) is 4.91. The third-order valence-corrected chi connectivity index (χ3v) is 6.89. The largest absolute Gasteiger partial charge is 0.496 e. The minimum absolute atomic E-state index is 0.115. The van der Waals surface area contributed by atoms with Crippen molar-refractivity contribution in [3.63, 3.8) is 0 Å². The van der Waals surface area contributed by atoms with Crippen molar-refractivity contribution >= 4 is 21.7 Å². The molecule has 0 atom stereocenters. The zero-order valence-electron chi connectivity index (χ0n) is 16.3.